The summed E-state index contributed by atoms with van der Waals surface area (Å²) in [5, 5.41) is 16.4. The Balaban J connectivity index is 1.61. The minimum absolute atomic E-state index is 0.154. The number of hydrogen-bond donors (Lipinski definition) is 2. The molecule has 0 aliphatic heterocycles. The van der Waals surface area contributed by atoms with Gasteiger partial charge < -0.3 is 9.84 Å². The van der Waals surface area contributed by atoms with Gasteiger partial charge in [0.1, 0.15) is 5.75 Å². The number of benzene rings is 4. The Morgan fingerprint density at radius 1 is 0.941 bits per heavy atom. The summed E-state index contributed by atoms with van der Waals surface area (Å²) in [5.74, 6) is -1.15. The van der Waals surface area contributed by atoms with E-state index in [-0.39, 0.29) is 16.3 Å². The number of hydrazone groups is 1. The lowest BCUT2D eigenvalue weighted by Crippen LogP contribution is -2.25. The van der Waals surface area contributed by atoms with Crippen LogP contribution in [0.3, 0.4) is 0 Å². The molecular formula is C26H18Cl2N2O4. The number of ether oxygens (including phenoxy) is 1. The molecule has 0 aliphatic rings. The molecule has 1 atom stereocenters. The fourth-order valence-electron chi connectivity index (χ4n) is 3.32. The molecule has 6 nitrogen and oxygen atoms in total. The topological polar surface area (TPSA) is 88.0 Å². The van der Waals surface area contributed by atoms with E-state index in [4.69, 9.17) is 27.9 Å². The third kappa shape index (κ3) is 5.26. The Morgan fingerprint density at radius 2 is 1.68 bits per heavy atom. The van der Waals surface area contributed by atoms with E-state index in [1.54, 1.807) is 48.5 Å². The normalized spacial score (nSPS) is 12.0. The van der Waals surface area contributed by atoms with Crippen molar-refractivity contribution in [2.75, 3.05) is 0 Å². The van der Waals surface area contributed by atoms with Crippen LogP contribution in [0.15, 0.2) is 90.0 Å². The van der Waals surface area contributed by atoms with Crippen molar-refractivity contribution in [3.63, 3.8) is 0 Å². The van der Waals surface area contributed by atoms with Gasteiger partial charge in [-0.2, -0.15) is 5.10 Å². The Bertz CT molecular complexity index is 1390. The number of rotatable bonds is 6. The molecule has 0 fully saturated rings. The van der Waals surface area contributed by atoms with Gasteiger partial charge in [-0.3, -0.25) is 4.79 Å². The minimum atomic E-state index is -1.38. The van der Waals surface area contributed by atoms with Gasteiger partial charge in [-0.25, -0.2) is 10.2 Å². The van der Waals surface area contributed by atoms with Crippen LogP contribution in [-0.4, -0.2) is 23.2 Å². The zero-order valence-corrected chi connectivity index (χ0v) is 19.1. The van der Waals surface area contributed by atoms with E-state index in [1.807, 2.05) is 24.3 Å². The van der Waals surface area contributed by atoms with E-state index in [0.29, 0.717) is 16.1 Å². The van der Waals surface area contributed by atoms with Gasteiger partial charge >= 0.3 is 5.97 Å². The second-order valence-corrected chi connectivity index (χ2v) is 8.10. The largest absolute Gasteiger partial charge is 0.422 e. The molecule has 4 aromatic rings. The molecule has 4 rings (SSSR count). The molecule has 0 unspecified atom stereocenters. The SMILES string of the molecule is O=C(Oc1ccc2ccccc2c1/C=N\NC(=O)[C@@H](O)c1ccccc1)c1ccc(Cl)cc1Cl. The lowest BCUT2D eigenvalue weighted by atomic mass is 10.0. The Labute approximate surface area is 205 Å². The van der Waals surface area contributed by atoms with Crippen molar-refractivity contribution in [3.8, 4) is 5.75 Å². The van der Waals surface area contributed by atoms with E-state index >= 15 is 0 Å². The average Bonchev–Trinajstić information content (AvgIpc) is 2.85. The first-order valence-corrected chi connectivity index (χ1v) is 10.9. The fourth-order valence-corrected chi connectivity index (χ4v) is 3.80. The van der Waals surface area contributed by atoms with Crippen molar-refractivity contribution in [2.24, 2.45) is 5.10 Å². The molecule has 0 bridgehead atoms. The Hall–Kier alpha value is -3.71. The molecule has 0 saturated heterocycles. The monoisotopic (exact) mass is 492 g/mol. The number of amides is 1. The highest BCUT2D eigenvalue weighted by atomic mass is 35.5. The van der Waals surface area contributed by atoms with Crippen molar-refractivity contribution < 1.29 is 19.4 Å². The zero-order chi connectivity index (χ0) is 24.1. The van der Waals surface area contributed by atoms with Gasteiger partial charge in [0.2, 0.25) is 0 Å². The summed E-state index contributed by atoms with van der Waals surface area (Å²) >= 11 is 12.1. The fraction of sp³-hybridized carbons (Fsp3) is 0.0385. The maximum absolute atomic E-state index is 12.8. The first-order chi connectivity index (χ1) is 16.4. The van der Waals surface area contributed by atoms with Crippen molar-refractivity contribution in [1.29, 1.82) is 0 Å². The Morgan fingerprint density at radius 3 is 2.44 bits per heavy atom. The summed E-state index contributed by atoms with van der Waals surface area (Å²) in [6.45, 7) is 0. The molecule has 0 spiro atoms. The highest BCUT2D eigenvalue weighted by Crippen LogP contribution is 2.29. The predicted octanol–water partition coefficient (Wildman–Crippen LogP) is 5.55. The molecule has 0 radical (unpaired) electrons. The van der Waals surface area contributed by atoms with E-state index in [2.05, 4.69) is 10.5 Å². The van der Waals surface area contributed by atoms with Crippen LogP contribution in [-0.2, 0) is 4.79 Å². The summed E-state index contributed by atoms with van der Waals surface area (Å²) in [6.07, 6.45) is -0.0143. The van der Waals surface area contributed by atoms with Crippen LogP contribution in [0, 0.1) is 0 Å². The smallest absolute Gasteiger partial charge is 0.345 e. The maximum atomic E-state index is 12.8. The number of carbonyl (C=O) groups is 2. The number of fused-ring (bicyclic) bond motifs is 1. The van der Waals surface area contributed by atoms with E-state index in [1.165, 1.54) is 18.3 Å². The van der Waals surface area contributed by atoms with Crippen LogP contribution in [0.25, 0.3) is 10.8 Å². The molecule has 2 N–H and O–H groups in total. The second-order valence-electron chi connectivity index (χ2n) is 7.26. The lowest BCUT2D eigenvalue weighted by Gasteiger charge is -2.12. The van der Waals surface area contributed by atoms with Crippen LogP contribution in [0.1, 0.15) is 27.6 Å². The molecule has 8 heteroatoms. The number of carbonyl (C=O) groups excluding carboxylic acids is 2. The highest BCUT2D eigenvalue weighted by molar-refractivity contribution is 6.36. The first kappa shape index (κ1) is 23.4. The predicted molar refractivity (Wildman–Crippen MR) is 133 cm³/mol. The molecule has 0 heterocycles. The average molecular weight is 493 g/mol. The summed E-state index contributed by atoms with van der Waals surface area (Å²) in [4.78, 5) is 25.1. The quantitative estimate of drug-likeness (QED) is 0.160. The van der Waals surface area contributed by atoms with Gasteiger partial charge in [-0.1, -0.05) is 83.9 Å². The third-order valence-corrected chi connectivity index (χ3v) is 5.56. The first-order valence-electron chi connectivity index (χ1n) is 10.2. The molecule has 0 aliphatic carbocycles. The number of aliphatic hydroxyl groups is 1. The van der Waals surface area contributed by atoms with Gasteiger partial charge in [0.15, 0.2) is 6.10 Å². The number of nitrogens with one attached hydrogen (secondary N) is 1. The maximum Gasteiger partial charge on any atom is 0.345 e. The van der Waals surface area contributed by atoms with Gasteiger partial charge in [0.25, 0.3) is 5.91 Å². The molecule has 0 aromatic heterocycles. The summed E-state index contributed by atoms with van der Waals surface area (Å²) in [5.41, 5.74) is 3.38. The second kappa shape index (κ2) is 10.5. The number of hydrogen-bond acceptors (Lipinski definition) is 5. The molecule has 0 saturated carbocycles. The number of aliphatic hydroxyl groups excluding tert-OH is 1. The Kier molecular flexibility index (Phi) is 7.23. The van der Waals surface area contributed by atoms with Crippen LogP contribution < -0.4 is 10.2 Å². The molecule has 4 aromatic carbocycles. The van der Waals surface area contributed by atoms with Gasteiger partial charge in [0.05, 0.1) is 16.8 Å². The molecule has 170 valence electrons. The van der Waals surface area contributed by atoms with Gasteiger partial charge in [0, 0.05) is 10.6 Å². The van der Waals surface area contributed by atoms with Crippen LogP contribution in [0.4, 0.5) is 0 Å². The molecule has 1 amide bonds. The van der Waals surface area contributed by atoms with Crippen LogP contribution >= 0.6 is 23.2 Å². The molecular weight excluding hydrogens is 475 g/mol. The number of esters is 1. The highest BCUT2D eigenvalue weighted by Gasteiger charge is 2.18. The zero-order valence-electron chi connectivity index (χ0n) is 17.6. The van der Waals surface area contributed by atoms with Crippen molar-refractivity contribution in [1.82, 2.24) is 5.43 Å². The van der Waals surface area contributed by atoms with E-state index in [0.717, 1.165) is 10.8 Å². The third-order valence-electron chi connectivity index (χ3n) is 5.02. The lowest BCUT2D eigenvalue weighted by molar-refractivity contribution is -0.129. The summed E-state index contributed by atoms with van der Waals surface area (Å²) in [6, 6.07) is 23.8. The number of halogens is 2. The van der Waals surface area contributed by atoms with Crippen molar-refractivity contribution in [3.05, 3.63) is 112 Å². The standard InChI is InChI=1S/C26H18Cl2N2O4/c27-18-11-12-20(22(28)14-18)26(33)34-23-13-10-16-6-4-5-9-19(16)21(23)15-29-30-25(32)24(31)17-7-2-1-3-8-17/h1-15,24,31H,(H,30,32)/b29-15-/t24-/m0/s1. The van der Waals surface area contributed by atoms with Gasteiger partial charge in [-0.15, -0.1) is 0 Å². The van der Waals surface area contributed by atoms with Gasteiger partial charge in [-0.05, 0) is 40.6 Å². The van der Waals surface area contributed by atoms with Crippen molar-refractivity contribution >= 4 is 52.1 Å². The van der Waals surface area contributed by atoms with E-state index in [9.17, 15) is 14.7 Å². The minimum Gasteiger partial charge on any atom is -0.422 e. The van der Waals surface area contributed by atoms with Crippen LogP contribution in [0.5, 0.6) is 5.75 Å². The number of nitrogens with zero attached hydrogens (tertiary/aromatic N) is 1. The molecule has 34 heavy (non-hydrogen) atoms. The summed E-state index contributed by atoms with van der Waals surface area (Å²) < 4.78 is 5.61. The van der Waals surface area contributed by atoms with E-state index < -0.39 is 18.0 Å². The van der Waals surface area contributed by atoms with Crippen molar-refractivity contribution in [2.45, 2.75) is 6.10 Å². The van der Waals surface area contributed by atoms with Crippen LogP contribution in [0.2, 0.25) is 10.0 Å². The summed E-state index contributed by atoms with van der Waals surface area (Å²) in [7, 11) is 0.